The fourth-order valence-electron chi connectivity index (χ4n) is 2.30. The third-order valence-electron chi connectivity index (χ3n) is 3.32. The first kappa shape index (κ1) is 13.8. The first-order valence-corrected chi connectivity index (χ1v) is 7.05. The molecule has 1 unspecified atom stereocenters. The molecular weight excluding hydrogens is 234 g/mol. The number of nitrogens with zero attached hydrogens (tertiary/aromatic N) is 2. The molecule has 0 aliphatic rings. The topological polar surface area (TPSA) is 29.9 Å². The van der Waals surface area contributed by atoms with Crippen molar-refractivity contribution in [2.75, 3.05) is 6.54 Å². The van der Waals surface area contributed by atoms with Crippen LogP contribution in [0.5, 0.6) is 0 Å². The number of aromatic nitrogens is 2. The summed E-state index contributed by atoms with van der Waals surface area (Å²) in [4.78, 5) is 0. The molecule has 1 aromatic carbocycles. The average molecular weight is 257 g/mol. The standard InChI is InChI=1S/C16H23N3/c1-3-11-17-16(15-7-5-4-6-8-15)10-9-14-12-18-19(2)13-14/h4-8,12-13,16-17H,3,9-11H2,1-2H3. The van der Waals surface area contributed by atoms with E-state index in [1.165, 1.54) is 11.1 Å². The largest absolute Gasteiger partial charge is 0.310 e. The summed E-state index contributed by atoms with van der Waals surface area (Å²) < 4.78 is 1.87. The van der Waals surface area contributed by atoms with Crippen molar-refractivity contribution in [3.8, 4) is 0 Å². The molecule has 3 nitrogen and oxygen atoms in total. The molecule has 1 aromatic heterocycles. The molecule has 0 bridgehead atoms. The van der Waals surface area contributed by atoms with E-state index >= 15 is 0 Å². The van der Waals surface area contributed by atoms with Crippen LogP contribution in [-0.2, 0) is 13.5 Å². The predicted octanol–water partition coefficient (Wildman–Crippen LogP) is 3.09. The lowest BCUT2D eigenvalue weighted by atomic mass is 10.00. The molecule has 0 aliphatic carbocycles. The molecule has 0 amide bonds. The van der Waals surface area contributed by atoms with Crippen LogP contribution in [0.15, 0.2) is 42.7 Å². The van der Waals surface area contributed by atoms with E-state index in [-0.39, 0.29) is 0 Å². The van der Waals surface area contributed by atoms with Crippen molar-refractivity contribution < 1.29 is 0 Å². The molecule has 2 aromatic rings. The highest BCUT2D eigenvalue weighted by atomic mass is 15.2. The lowest BCUT2D eigenvalue weighted by molar-refractivity contribution is 0.499. The molecule has 0 radical (unpaired) electrons. The maximum Gasteiger partial charge on any atom is 0.0521 e. The molecular formula is C16H23N3. The number of aryl methyl sites for hydroxylation is 2. The third kappa shape index (κ3) is 4.21. The van der Waals surface area contributed by atoms with Crippen molar-refractivity contribution >= 4 is 0 Å². The van der Waals surface area contributed by atoms with Crippen LogP contribution in [0.25, 0.3) is 0 Å². The van der Waals surface area contributed by atoms with Gasteiger partial charge in [-0.25, -0.2) is 0 Å². The Labute approximate surface area is 115 Å². The summed E-state index contributed by atoms with van der Waals surface area (Å²) in [6, 6.07) is 11.1. The Kier molecular flexibility index (Phi) is 5.16. The number of benzene rings is 1. The molecule has 0 fully saturated rings. The minimum atomic E-state index is 0.432. The molecule has 102 valence electrons. The second kappa shape index (κ2) is 7.10. The number of rotatable bonds is 7. The normalized spacial score (nSPS) is 12.5. The van der Waals surface area contributed by atoms with E-state index in [9.17, 15) is 0 Å². The Bertz CT molecular complexity index is 476. The highest BCUT2D eigenvalue weighted by Gasteiger charge is 2.10. The Hall–Kier alpha value is -1.61. The van der Waals surface area contributed by atoms with E-state index < -0.39 is 0 Å². The van der Waals surface area contributed by atoms with Crippen LogP contribution in [0, 0.1) is 0 Å². The van der Waals surface area contributed by atoms with Gasteiger partial charge in [-0.2, -0.15) is 5.10 Å². The van der Waals surface area contributed by atoms with Crippen LogP contribution in [0.3, 0.4) is 0 Å². The van der Waals surface area contributed by atoms with Gasteiger partial charge in [-0.3, -0.25) is 4.68 Å². The molecule has 0 saturated heterocycles. The summed E-state index contributed by atoms with van der Waals surface area (Å²) in [6.07, 6.45) is 7.39. The van der Waals surface area contributed by atoms with Gasteiger partial charge in [0.25, 0.3) is 0 Å². The highest BCUT2D eigenvalue weighted by molar-refractivity contribution is 5.19. The maximum atomic E-state index is 4.23. The van der Waals surface area contributed by atoms with Crippen LogP contribution >= 0.6 is 0 Å². The summed E-state index contributed by atoms with van der Waals surface area (Å²) in [7, 11) is 1.97. The quantitative estimate of drug-likeness (QED) is 0.826. The van der Waals surface area contributed by atoms with Gasteiger partial charge < -0.3 is 5.32 Å². The monoisotopic (exact) mass is 257 g/mol. The van der Waals surface area contributed by atoms with Gasteiger partial charge in [0.15, 0.2) is 0 Å². The van der Waals surface area contributed by atoms with Crippen molar-refractivity contribution in [1.29, 1.82) is 0 Å². The molecule has 0 saturated carbocycles. The van der Waals surface area contributed by atoms with Gasteiger partial charge in [-0.05, 0) is 36.9 Å². The Morgan fingerprint density at radius 2 is 2.05 bits per heavy atom. The second-order valence-electron chi connectivity index (χ2n) is 4.98. The molecule has 1 heterocycles. The summed E-state index contributed by atoms with van der Waals surface area (Å²) in [5.41, 5.74) is 2.68. The van der Waals surface area contributed by atoms with E-state index in [0.717, 1.165) is 25.8 Å². The predicted molar refractivity (Wildman–Crippen MR) is 79.0 cm³/mol. The summed E-state index contributed by atoms with van der Waals surface area (Å²) in [6.45, 7) is 3.27. The lowest BCUT2D eigenvalue weighted by Crippen LogP contribution is -2.22. The zero-order valence-corrected chi connectivity index (χ0v) is 11.8. The molecule has 0 aliphatic heterocycles. The van der Waals surface area contributed by atoms with Crippen LogP contribution < -0.4 is 5.32 Å². The zero-order chi connectivity index (χ0) is 13.5. The third-order valence-corrected chi connectivity index (χ3v) is 3.32. The minimum absolute atomic E-state index is 0.432. The first-order valence-electron chi connectivity index (χ1n) is 7.05. The molecule has 1 atom stereocenters. The Morgan fingerprint density at radius 3 is 2.68 bits per heavy atom. The van der Waals surface area contributed by atoms with E-state index in [2.05, 4.69) is 53.9 Å². The second-order valence-corrected chi connectivity index (χ2v) is 4.98. The average Bonchev–Trinajstić information content (AvgIpc) is 2.86. The summed E-state index contributed by atoms with van der Waals surface area (Å²) in [5, 5.41) is 7.86. The molecule has 1 N–H and O–H groups in total. The van der Waals surface area contributed by atoms with Crippen molar-refractivity contribution in [2.24, 2.45) is 7.05 Å². The molecule has 19 heavy (non-hydrogen) atoms. The molecule has 3 heteroatoms. The maximum absolute atomic E-state index is 4.23. The fraction of sp³-hybridized carbons (Fsp3) is 0.438. The smallest absolute Gasteiger partial charge is 0.0521 e. The number of hydrogen-bond donors (Lipinski definition) is 1. The number of hydrogen-bond acceptors (Lipinski definition) is 2. The van der Waals surface area contributed by atoms with Crippen molar-refractivity contribution in [3.63, 3.8) is 0 Å². The van der Waals surface area contributed by atoms with E-state index in [0.29, 0.717) is 6.04 Å². The van der Waals surface area contributed by atoms with Crippen LogP contribution in [0.1, 0.15) is 36.9 Å². The van der Waals surface area contributed by atoms with Gasteiger partial charge in [0.05, 0.1) is 6.20 Å². The zero-order valence-electron chi connectivity index (χ0n) is 11.8. The van der Waals surface area contributed by atoms with Gasteiger partial charge >= 0.3 is 0 Å². The van der Waals surface area contributed by atoms with Crippen LogP contribution in [0.4, 0.5) is 0 Å². The van der Waals surface area contributed by atoms with E-state index in [4.69, 9.17) is 0 Å². The van der Waals surface area contributed by atoms with E-state index in [1.54, 1.807) is 0 Å². The lowest BCUT2D eigenvalue weighted by Gasteiger charge is -2.18. The van der Waals surface area contributed by atoms with Crippen molar-refractivity contribution in [1.82, 2.24) is 15.1 Å². The van der Waals surface area contributed by atoms with Crippen LogP contribution in [-0.4, -0.2) is 16.3 Å². The Balaban J connectivity index is 1.97. The first-order chi connectivity index (χ1) is 9.29. The summed E-state index contributed by atoms with van der Waals surface area (Å²) in [5.74, 6) is 0. The Morgan fingerprint density at radius 1 is 1.26 bits per heavy atom. The van der Waals surface area contributed by atoms with Gasteiger partial charge in [-0.1, -0.05) is 37.3 Å². The highest BCUT2D eigenvalue weighted by Crippen LogP contribution is 2.19. The minimum Gasteiger partial charge on any atom is -0.310 e. The fourth-order valence-corrected chi connectivity index (χ4v) is 2.30. The van der Waals surface area contributed by atoms with Crippen LogP contribution in [0.2, 0.25) is 0 Å². The van der Waals surface area contributed by atoms with Crippen molar-refractivity contribution in [3.05, 3.63) is 53.9 Å². The summed E-state index contributed by atoms with van der Waals surface area (Å²) >= 11 is 0. The molecule has 0 spiro atoms. The van der Waals surface area contributed by atoms with Gasteiger partial charge in [0.1, 0.15) is 0 Å². The van der Waals surface area contributed by atoms with Gasteiger partial charge in [0, 0.05) is 19.3 Å². The molecule has 2 rings (SSSR count). The van der Waals surface area contributed by atoms with Crippen molar-refractivity contribution in [2.45, 2.75) is 32.2 Å². The van der Waals surface area contributed by atoms with E-state index in [1.807, 2.05) is 17.9 Å². The van der Waals surface area contributed by atoms with Gasteiger partial charge in [-0.15, -0.1) is 0 Å². The SMILES string of the molecule is CCCNC(CCc1cnn(C)c1)c1ccccc1. The number of nitrogens with one attached hydrogen (secondary N) is 1. The van der Waals surface area contributed by atoms with Gasteiger partial charge in [0.2, 0.25) is 0 Å².